The van der Waals surface area contributed by atoms with Gasteiger partial charge in [-0.25, -0.2) is 0 Å². The summed E-state index contributed by atoms with van der Waals surface area (Å²) in [5, 5.41) is 0.586. The number of ketones is 1. The number of carbonyl (C=O) groups is 1. The second-order valence-corrected chi connectivity index (χ2v) is 5.73. The first kappa shape index (κ1) is 14.1. The Morgan fingerprint density at radius 2 is 2.00 bits per heavy atom. The molecular formula is C15H13BrClNO. The Hall–Kier alpha value is -1.32. The van der Waals surface area contributed by atoms with Gasteiger partial charge in [-0.05, 0) is 36.2 Å². The van der Waals surface area contributed by atoms with E-state index in [2.05, 4.69) is 15.9 Å². The van der Waals surface area contributed by atoms with Crippen LogP contribution in [0.25, 0.3) is 0 Å². The van der Waals surface area contributed by atoms with E-state index in [-0.39, 0.29) is 12.2 Å². The van der Waals surface area contributed by atoms with Crippen molar-refractivity contribution in [3.05, 3.63) is 62.6 Å². The molecule has 0 heterocycles. The average molecular weight is 339 g/mol. The molecule has 2 aromatic carbocycles. The van der Waals surface area contributed by atoms with Crippen LogP contribution >= 0.6 is 27.5 Å². The monoisotopic (exact) mass is 337 g/mol. The van der Waals surface area contributed by atoms with Gasteiger partial charge in [-0.3, -0.25) is 4.79 Å². The maximum absolute atomic E-state index is 12.2. The highest BCUT2D eigenvalue weighted by atomic mass is 79.9. The van der Waals surface area contributed by atoms with Crippen LogP contribution in [0.15, 0.2) is 40.9 Å². The normalized spacial score (nSPS) is 10.5. The third-order valence-electron chi connectivity index (χ3n) is 2.97. The summed E-state index contributed by atoms with van der Waals surface area (Å²) >= 11 is 9.45. The molecule has 4 heteroatoms. The Bertz CT molecular complexity index is 640. The molecule has 0 unspecified atom stereocenters. The van der Waals surface area contributed by atoms with E-state index >= 15 is 0 Å². The molecule has 0 saturated heterocycles. The standard InChI is InChI=1S/C15H13BrClNO/c1-9-2-3-11(6-14(9)18)15(19)7-10-4-5-12(16)8-13(10)17/h2-6,8H,7,18H2,1H3. The van der Waals surface area contributed by atoms with Gasteiger partial charge in [0.15, 0.2) is 5.78 Å². The lowest BCUT2D eigenvalue weighted by molar-refractivity contribution is 0.0993. The van der Waals surface area contributed by atoms with Gasteiger partial charge in [0.05, 0.1) is 0 Å². The second-order valence-electron chi connectivity index (χ2n) is 4.41. The summed E-state index contributed by atoms with van der Waals surface area (Å²) in [6.45, 7) is 1.91. The lowest BCUT2D eigenvalue weighted by Crippen LogP contribution is -2.05. The minimum Gasteiger partial charge on any atom is -0.398 e. The van der Waals surface area contributed by atoms with Crippen LogP contribution in [0.2, 0.25) is 5.02 Å². The molecule has 0 atom stereocenters. The van der Waals surface area contributed by atoms with Crippen molar-refractivity contribution in [3.63, 3.8) is 0 Å². The van der Waals surface area contributed by atoms with Gasteiger partial charge in [0, 0.05) is 27.2 Å². The first-order chi connectivity index (χ1) is 8.97. The highest BCUT2D eigenvalue weighted by Crippen LogP contribution is 2.23. The number of hydrogen-bond acceptors (Lipinski definition) is 2. The molecule has 2 nitrogen and oxygen atoms in total. The van der Waals surface area contributed by atoms with Gasteiger partial charge in [-0.2, -0.15) is 0 Å². The molecule has 0 aliphatic rings. The lowest BCUT2D eigenvalue weighted by atomic mass is 10.0. The Kier molecular flexibility index (Phi) is 4.27. The van der Waals surface area contributed by atoms with Crippen LogP contribution in [0, 0.1) is 6.92 Å². The van der Waals surface area contributed by atoms with Crippen molar-refractivity contribution in [1.29, 1.82) is 0 Å². The number of nitrogen functional groups attached to an aromatic ring is 1. The van der Waals surface area contributed by atoms with Gasteiger partial charge in [0.1, 0.15) is 0 Å². The summed E-state index contributed by atoms with van der Waals surface area (Å²) in [6, 6.07) is 10.9. The molecule has 0 aromatic heterocycles. The highest BCUT2D eigenvalue weighted by molar-refractivity contribution is 9.10. The molecule has 19 heavy (non-hydrogen) atoms. The number of rotatable bonds is 3. The van der Waals surface area contributed by atoms with Gasteiger partial charge < -0.3 is 5.73 Å². The molecule has 2 rings (SSSR count). The molecule has 0 aliphatic carbocycles. The summed E-state index contributed by atoms with van der Waals surface area (Å²) in [5.41, 5.74) is 8.85. The molecule has 2 aromatic rings. The van der Waals surface area contributed by atoms with E-state index in [4.69, 9.17) is 17.3 Å². The Balaban J connectivity index is 2.23. The minimum absolute atomic E-state index is 0.0101. The molecule has 0 aliphatic heterocycles. The molecule has 98 valence electrons. The first-order valence-corrected chi connectivity index (χ1v) is 6.97. The predicted octanol–water partition coefficient (Wildman–Crippen LogP) is 4.42. The molecule has 0 amide bonds. The molecule has 0 saturated carbocycles. The van der Waals surface area contributed by atoms with Gasteiger partial charge in [-0.15, -0.1) is 0 Å². The molecule has 0 fully saturated rings. The average Bonchev–Trinajstić information content (AvgIpc) is 2.36. The van der Waals surface area contributed by atoms with E-state index < -0.39 is 0 Å². The number of hydrogen-bond donors (Lipinski definition) is 1. The maximum Gasteiger partial charge on any atom is 0.167 e. The number of nitrogens with two attached hydrogens (primary N) is 1. The summed E-state index contributed by atoms with van der Waals surface area (Å²) in [5.74, 6) is 0.0101. The van der Waals surface area contributed by atoms with Gasteiger partial charge in [-0.1, -0.05) is 45.7 Å². The van der Waals surface area contributed by atoms with Crippen LogP contribution in [0.1, 0.15) is 21.5 Å². The summed E-state index contributed by atoms with van der Waals surface area (Å²) in [4.78, 5) is 12.2. The Morgan fingerprint density at radius 3 is 2.63 bits per heavy atom. The summed E-state index contributed by atoms with van der Waals surface area (Å²) < 4.78 is 0.897. The maximum atomic E-state index is 12.2. The smallest absolute Gasteiger partial charge is 0.167 e. The van der Waals surface area contributed by atoms with E-state index in [0.29, 0.717) is 16.3 Å². The molecule has 0 spiro atoms. The van der Waals surface area contributed by atoms with E-state index in [9.17, 15) is 4.79 Å². The number of carbonyl (C=O) groups excluding carboxylic acids is 1. The number of Topliss-reactive ketones (excluding diaryl/α,β-unsaturated/α-hetero) is 1. The van der Waals surface area contributed by atoms with Crippen molar-refractivity contribution in [1.82, 2.24) is 0 Å². The van der Waals surface area contributed by atoms with E-state index in [1.54, 1.807) is 18.2 Å². The zero-order chi connectivity index (χ0) is 14.0. The summed E-state index contributed by atoms with van der Waals surface area (Å²) in [6.07, 6.45) is 0.272. The SMILES string of the molecule is Cc1ccc(C(=O)Cc2ccc(Br)cc2Cl)cc1N. The third kappa shape index (κ3) is 3.37. The van der Waals surface area contributed by atoms with Crippen LogP contribution in [0.5, 0.6) is 0 Å². The fraction of sp³-hybridized carbons (Fsp3) is 0.133. The third-order valence-corrected chi connectivity index (χ3v) is 3.81. The topological polar surface area (TPSA) is 43.1 Å². The quantitative estimate of drug-likeness (QED) is 0.665. The van der Waals surface area contributed by atoms with Crippen molar-refractivity contribution in [2.24, 2.45) is 0 Å². The van der Waals surface area contributed by atoms with Gasteiger partial charge in [0.25, 0.3) is 0 Å². The molecule has 0 radical (unpaired) electrons. The number of benzene rings is 2. The van der Waals surface area contributed by atoms with Crippen LogP contribution in [-0.4, -0.2) is 5.78 Å². The van der Waals surface area contributed by atoms with Gasteiger partial charge in [0.2, 0.25) is 0 Å². The molecular weight excluding hydrogens is 326 g/mol. The predicted molar refractivity (Wildman–Crippen MR) is 82.8 cm³/mol. The zero-order valence-electron chi connectivity index (χ0n) is 10.4. The fourth-order valence-electron chi connectivity index (χ4n) is 1.75. The molecule has 2 N–H and O–H groups in total. The van der Waals surface area contributed by atoms with E-state index in [0.717, 1.165) is 15.6 Å². The Labute approximate surface area is 125 Å². The van der Waals surface area contributed by atoms with Crippen LogP contribution in [0.3, 0.4) is 0 Å². The summed E-state index contributed by atoms with van der Waals surface area (Å²) in [7, 11) is 0. The van der Waals surface area contributed by atoms with Crippen LogP contribution in [0.4, 0.5) is 5.69 Å². The van der Waals surface area contributed by atoms with Crippen molar-refractivity contribution in [3.8, 4) is 0 Å². The molecule has 0 bridgehead atoms. The first-order valence-electron chi connectivity index (χ1n) is 5.80. The number of halogens is 2. The van der Waals surface area contributed by atoms with Crippen molar-refractivity contribution in [2.75, 3.05) is 5.73 Å². The minimum atomic E-state index is 0.0101. The highest BCUT2D eigenvalue weighted by Gasteiger charge is 2.11. The van der Waals surface area contributed by atoms with Crippen LogP contribution < -0.4 is 5.73 Å². The van der Waals surface area contributed by atoms with Crippen molar-refractivity contribution >= 4 is 39.0 Å². The second kappa shape index (κ2) is 5.76. The number of anilines is 1. The fourth-order valence-corrected chi connectivity index (χ4v) is 2.49. The largest absolute Gasteiger partial charge is 0.398 e. The number of aryl methyl sites for hydroxylation is 1. The Morgan fingerprint density at radius 1 is 1.26 bits per heavy atom. The van der Waals surface area contributed by atoms with Gasteiger partial charge >= 0.3 is 0 Å². The van der Waals surface area contributed by atoms with Crippen LogP contribution in [-0.2, 0) is 6.42 Å². The van der Waals surface area contributed by atoms with E-state index in [1.807, 2.05) is 25.1 Å². The zero-order valence-corrected chi connectivity index (χ0v) is 12.8. The van der Waals surface area contributed by atoms with Crippen molar-refractivity contribution in [2.45, 2.75) is 13.3 Å². The lowest BCUT2D eigenvalue weighted by Gasteiger charge is -2.06. The van der Waals surface area contributed by atoms with E-state index in [1.165, 1.54) is 0 Å². The van der Waals surface area contributed by atoms with Crippen molar-refractivity contribution < 1.29 is 4.79 Å².